The first-order chi connectivity index (χ1) is 15.2. The van der Waals surface area contributed by atoms with E-state index in [1.807, 2.05) is 0 Å². The molecule has 2 heterocycles. The van der Waals surface area contributed by atoms with Crippen LogP contribution in [-0.4, -0.2) is 47.7 Å². The molecule has 6 N–H and O–H groups in total. The number of aromatic nitrogens is 4. The maximum absolute atomic E-state index is 12.3. The number of carboxylic acids is 1. The summed E-state index contributed by atoms with van der Waals surface area (Å²) in [6.45, 7) is 0.246. The van der Waals surface area contributed by atoms with Gasteiger partial charge in [0.1, 0.15) is 0 Å². The third-order valence-corrected chi connectivity index (χ3v) is 4.57. The Hall–Kier alpha value is -3.36. The Labute approximate surface area is 204 Å². The minimum absolute atomic E-state index is 0. The third kappa shape index (κ3) is 7.06. The van der Waals surface area contributed by atoms with Crippen LogP contribution in [0.4, 0.5) is 11.6 Å². The molecule has 0 unspecified atom stereocenters. The number of benzene rings is 1. The van der Waals surface area contributed by atoms with Gasteiger partial charge >= 0.3 is 123 Å². The number of nitrogens with zero attached hydrogens (tertiary/aromatic N) is 3. The molecule has 33 heavy (non-hydrogen) atoms. The maximum atomic E-state index is 12.3. The van der Waals surface area contributed by atoms with Crippen LogP contribution in [0.5, 0.6) is 0 Å². The topological polar surface area (TPSA) is 193 Å². The van der Waals surface area contributed by atoms with Crippen LogP contribution in [0.2, 0.25) is 0 Å². The number of rotatable bonds is 9. The molecule has 0 saturated carbocycles. The Morgan fingerprint density at radius 3 is 2.52 bits per heavy atom. The number of amides is 1. The van der Waals surface area contributed by atoms with Crippen molar-refractivity contribution in [3.8, 4) is 0 Å². The summed E-state index contributed by atoms with van der Waals surface area (Å²) in [7, 11) is 0. The molecule has 0 aliphatic heterocycles. The fraction of sp³-hybridized carbons (Fsp3) is 0.211. The molecule has 14 heteroatoms. The average molecular weight is 542 g/mol. The van der Waals surface area contributed by atoms with Crippen LogP contribution in [-0.2, 0) is 48.1 Å². The minimum atomic E-state index is -1.24. The molecule has 0 radical (unpaired) electrons. The van der Waals surface area contributed by atoms with Gasteiger partial charge < -0.3 is 5.73 Å². The normalized spacial score (nSPS) is 11.3. The number of carbonyl (C=O) groups excluding carboxylic acids is 2. The molecule has 3 rings (SSSR count). The van der Waals surface area contributed by atoms with Gasteiger partial charge in [-0.1, -0.05) is 0 Å². The molecule has 0 bridgehead atoms. The smallest absolute Gasteiger partial charge is 0.280 e. The van der Waals surface area contributed by atoms with Gasteiger partial charge in [0.05, 0.1) is 11.9 Å². The molecule has 1 atom stereocenters. The zero-order valence-electron chi connectivity index (χ0n) is 16.7. The summed E-state index contributed by atoms with van der Waals surface area (Å²) in [4.78, 5) is 61.0. The maximum Gasteiger partial charge on any atom is 0.280 e. The molecule has 0 aliphatic rings. The van der Waals surface area contributed by atoms with E-state index in [0.29, 0.717) is 11.4 Å². The first kappa shape index (κ1) is 25.9. The molecule has 0 fully saturated rings. The van der Waals surface area contributed by atoms with E-state index in [1.54, 1.807) is 12.1 Å². The van der Waals surface area contributed by atoms with E-state index in [2.05, 4.69) is 46.0 Å². The Morgan fingerprint density at radius 1 is 1.18 bits per heavy atom. The second-order valence-electron chi connectivity index (χ2n) is 6.64. The molecule has 1 amide bonds. The van der Waals surface area contributed by atoms with E-state index in [9.17, 15) is 24.3 Å². The zero-order chi connectivity index (χ0) is 23.3. The monoisotopic (exact) mass is 540 g/mol. The summed E-state index contributed by atoms with van der Waals surface area (Å²) >= 11 is 4.11. The number of aliphatic carboxylic acids is 1. The van der Waals surface area contributed by atoms with Gasteiger partial charge in [0.2, 0.25) is 5.95 Å². The molecule has 179 valence electrons. The number of nitrogen functional groups attached to an aromatic ring is 1. The van der Waals surface area contributed by atoms with Crippen LogP contribution in [0, 0.1) is 0 Å². The first-order valence-electron chi connectivity index (χ1n) is 9.27. The molecule has 3 aromatic rings. The molecule has 1 aromatic carbocycles. The van der Waals surface area contributed by atoms with Gasteiger partial charge in [-0.25, -0.2) is 9.97 Å². The fourth-order valence-corrected chi connectivity index (χ4v) is 2.88. The molecule has 0 aliphatic carbocycles. The summed E-state index contributed by atoms with van der Waals surface area (Å²) in [5, 5.41) is 14.6. The Morgan fingerprint density at radius 2 is 1.88 bits per heavy atom. The van der Waals surface area contributed by atoms with Crippen LogP contribution in [0.25, 0.3) is 11.2 Å². The van der Waals surface area contributed by atoms with Crippen molar-refractivity contribution >= 4 is 39.4 Å². The van der Waals surface area contributed by atoms with Crippen molar-refractivity contribution in [3.63, 3.8) is 0 Å². The number of nitrogens with two attached hydrogens (primary N) is 1. The van der Waals surface area contributed by atoms with E-state index in [1.165, 1.54) is 18.3 Å². The Kier molecular flexibility index (Phi) is 9.01. The number of nitrogens with one attached hydrogen (secondary N) is 3. The van der Waals surface area contributed by atoms with Gasteiger partial charge in [0.25, 0.3) is 5.56 Å². The molecule has 0 saturated heterocycles. The van der Waals surface area contributed by atoms with Crippen LogP contribution >= 0.6 is 0 Å². The van der Waals surface area contributed by atoms with Gasteiger partial charge in [-0.05, 0) is 0 Å². The number of fused-ring (bicyclic) bond motifs is 1. The second-order valence-corrected chi connectivity index (χ2v) is 7.19. The van der Waals surface area contributed by atoms with Crippen molar-refractivity contribution in [2.24, 2.45) is 0 Å². The predicted molar refractivity (Wildman–Crippen MR) is 109 cm³/mol. The molecular weight excluding hydrogens is 524 g/mol. The number of hydrogen-bond acceptors (Lipinski definition) is 9. The number of hydrogen-bond donors (Lipinski definition) is 5. The fourth-order valence-electron chi connectivity index (χ4n) is 2.74. The summed E-state index contributed by atoms with van der Waals surface area (Å²) in [5.41, 5.74) is 6.58. The van der Waals surface area contributed by atoms with Crippen LogP contribution in [0.15, 0.2) is 35.3 Å². The summed E-state index contributed by atoms with van der Waals surface area (Å²) in [5.74, 6) is -1.88. The van der Waals surface area contributed by atoms with Gasteiger partial charge in [0, 0.05) is 16.5 Å². The van der Waals surface area contributed by atoms with Crippen LogP contribution in [0.1, 0.15) is 28.9 Å². The molecule has 0 spiro atoms. The van der Waals surface area contributed by atoms with Gasteiger partial charge in [-0.2, -0.15) is 4.98 Å². The average Bonchev–Trinajstić information content (AvgIpc) is 2.75. The zero-order valence-corrected chi connectivity index (χ0v) is 18.7. The van der Waals surface area contributed by atoms with Gasteiger partial charge in [-0.3, -0.25) is 9.78 Å². The Bertz CT molecular complexity index is 1230. The van der Waals surface area contributed by atoms with Crippen molar-refractivity contribution in [1.29, 1.82) is 0 Å². The van der Waals surface area contributed by atoms with Crippen molar-refractivity contribution in [3.05, 3.63) is 52.1 Å². The summed E-state index contributed by atoms with van der Waals surface area (Å²) in [6, 6.07) is 5.07. The number of aromatic amines is 1. The third-order valence-electron chi connectivity index (χ3n) is 4.32. The van der Waals surface area contributed by atoms with Gasteiger partial charge in [-0.15, -0.1) is 0 Å². The van der Waals surface area contributed by atoms with E-state index in [4.69, 9.17) is 5.73 Å². The first-order valence-corrected chi connectivity index (χ1v) is 9.76. The predicted octanol–water partition coefficient (Wildman–Crippen LogP) is -0.0585. The molecule has 2 aromatic heterocycles. The number of anilines is 2. The minimum Gasteiger partial charge on any atom is -0.291 e. The van der Waals surface area contributed by atoms with Crippen molar-refractivity contribution in [1.82, 2.24) is 25.3 Å². The summed E-state index contributed by atoms with van der Waals surface area (Å²) < 4.78 is -0.526. The van der Waals surface area contributed by atoms with Gasteiger partial charge in [0.15, 0.2) is 11.2 Å². The Balaban J connectivity index is 0.00000385. The second kappa shape index (κ2) is 11.5. The largest absolute Gasteiger partial charge is 0.291 e. The SMILES string of the molecule is Nc1nc2ncc(CNc3ccc(C(=O)N[C@@H](CC[C](=O)[Ni])C(=O)O)cc3)nc2c(=O)[nH]1.[Ni]. The number of carboxylic acid groups (broad SMARTS) is 1. The number of carbonyl (C=O) groups is 3. The summed E-state index contributed by atoms with van der Waals surface area (Å²) in [6.07, 6.45) is 1.29. The van der Waals surface area contributed by atoms with E-state index < -0.39 is 28.2 Å². The van der Waals surface area contributed by atoms with E-state index in [-0.39, 0.29) is 58.6 Å². The van der Waals surface area contributed by atoms with E-state index >= 15 is 0 Å². The molecule has 12 nitrogen and oxygen atoms in total. The standard InChI is InChI=1S/C19H18N7O5.2Ni/c20-19-25-15-14(17(29)26-19)23-12(9-22-15)8-21-11-5-3-10(4-6-11)16(28)24-13(18(30)31)2-1-7-27;;/h3-6,9,13,21H,1-2,8H2,(H,24,28)(H,30,31)(H3,20,22,25,26,29);;/t13-;;/m0../s1. The van der Waals surface area contributed by atoms with Crippen LogP contribution < -0.4 is 21.9 Å². The quantitative estimate of drug-likeness (QED) is 0.229. The van der Waals surface area contributed by atoms with Crippen molar-refractivity contribution in [2.75, 3.05) is 11.1 Å². The molecular formula is C19H18N7Ni2O5. The van der Waals surface area contributed by atoms with E-state index in [0.717, 1.165) is 0 Å². The van der Waals surface area contributed by atoms with Crippen LogP contribution in [0.3, 0.4) is 0 Å². The number of H-pyrrole nitrogens is 1. The van der Waals surface area contributed by atoms with Crippen molar-refractivity contribution in [2.45, 2.75) is 25.4 Å². The van der Waals surface area contributed by atoms with Crippen molar-refractivity contribution < 1.29 is 51.4 Å².